The molecule has 0 amide bonds. The van der Waals surface area contributed by atoms with Gasteiger partial charge in [-0.15, -0.1) is 11.3 Å². The number of hydrogen-bond donors (Lipinski definition) is 1. The molecule has 0 aromatic carbocycles. The van der Waals surface area contributed by atoms with Gasteiger partial charge < -0.3 is 5.32 Å². The largest absolute Gasteiger partial charge is 0.317 e. The molecule has 108 valence electrons. The molecule has 1 fully saturated rings. The number of nitrogens with zero attached hydrogens (tertiary/aromatic N) is 2. The highest BCUT2D eigenvalue weighted by Crippen LogP contribution is 2.21. The number of thiazole rings is 1. The predicted molar refractivity (Wildman–Crippen MR) is 82.7 cm³/mol. The van der Waals surface area contributed by atoms with Crippen LogP contribution in [0, 0.1) is 19.8 Å². The Morgan fingerprint density at radius 2 is 2.05 bits per heavy atom. The summed E-state index contributed by atoms with van der Waals surface area (Å²) in [4.78, 5) is 8.65. The Hall–Kier alpha value is -0.450. The first-order valence-corrected chi connectivity index (χ1v) is 8.36. The third-order valence-electron chi connectivity index (χ3n) is 3.88. The smallest absolute Gasteiger partial charge is 0.0900 e. The van der Waals surface area contributed by atoms with Crippen LogP contribution in [0.15, 0.2) is 0 Å². The van der Waals surface area contributed by atoms with Gasteiger partial charge in [-0.1, -0.05) is 6.92 Å². The Morgan fingerprint density at radius 3 is 2.63 bits per heavy atom. The summed E-state index contributed by atoms with van der Waals surface area (Å²) in [5, 5.41) is 4.66. The highest BCUT2D eigenvalue weighted by atomic mass is 32.1. The maximum absolute atomic E-state index is 4.55. The van der Waals surface area contributed by atoms with E-state index in [1.165, 1.54) is 61.0 Å². The molecule has 1 N–H and O–H groups in total. The van der Waals surface area contributed by atoms with Crippen LogP contribution in [-0.2, 0) is 6.54 Å². The van der Waals surface area contributed by atoms with Crippen molar-refractivity contribution in [1.29, 1.82) is 0 Å². The van der Waals surface area contributed by atoms with Gasteiger partial charge in [-0.3, -0.25) is 4.90 Å². The summed E-state index contributed by atoms with van der Waals surface area (Å²) in [7, 11) is 0. The molecule has 0 saturated carbocycles. The molecule has 2 rings (SSSR count). The zero-order valence-electron chi connectivity index (χ0n) is 12.5. The first-order valence-electron chi connectivity index (χ1n) is 7.55. The fourth-order valence-electron chi connectivity index (χ4n) is 2.90. The summed E-state index contributed by atoms with van der Waals surface area (Å²) in [6.07, 6.45) is 3.91. The lowest BCUT2D eigenvalue weighted by Gasteiger charge is -2.29. The highest BCUT2D eigenvalue weighted by Gasteiger charge is 2.18. The zero-order valence-corrected chi connectivity index (χ0v) is 13.4. The summed E-state index contributed by atoms with van der Waals surface area (Å²) >= 11 is 1.87. The maximum atomic E-state index is 4.55. The number of rotatable bonds is 6. The summed E-state index contributed by atoms with van der Waals surface area (Å²) in [5.74, 6) is 0.877. The third kappa shape index (κ3) is 4.55. The molecule has 0 spiro atoms. The van der Waals surface area contributed by atoms with Crippen molar-refractivity contribution in [3.63, 3.8) is 0 Å². The van der Waals surface area contributed by atoms with Gasteiger partial charge >= 0.3 is 0 Å². The van der Waals surface area contributed by atoms with Crippen LogP contribution in [-0.4, -0.2) is 36.1 Å². The van der Waals surface area contributed by atoms with Gasteiger partial charge in [0.05, 0.1) is 10.7 Å². The Morgan fingerprint density at radius 1 is 1.32 bits per heavy atom. The van der Waals surface area contributed by atoms with Crippen molar-refractivity contribution in [2.75, 3.05) is 26.2 Å². The van der Waals surface area contributed by atoms with Crippen LogP contribution in [0.4, 0.5) is 0 Å². The lowest BCUT2D eigenvalue weighted by atomic mass is 9.97. The standard InChI is InChI=1S/C15H27N3S/c1-4-9-18(10-14-5-7-16-8-6-14)11-15-12(2)17-13(3)19-15/h14,16H,4-11H2,1-3H3. The molecule has 19 heavy (non-hydrogen) atoms. The number of hydrogen-bond acceptors (Lipinski definition) is 4. The van der Waals surface area contributed by atoms with E-state index in [4.69, 9.17) is 0 Å². The third-order valence-corrected chi connectivity index (χ3v) is 4.94. The van der Waals surface area contributed by atoms with Crippen molar-refractivity contribution in [3.05, 3.63) is 15.6 Å². The van der Waals surface area contributed by atoms with Crippen molar-refractivity contribution in [3.8, 4) is 0 Å². The molecule has 0 radical (unpaired) electrons. The Balaban J connectivity index is 1.93. The van der Waals surface area contributed by atoms with Crippen molar-refractivity contribution in [1.82, 2.24) is 15.2 Å². The van der Waals surface area contributed by atoms with E-state index in [1.807, 2.05) is 11.3 Å². The SMILES string of the molecule is CCCN(Cc1sc(C)nc1C)CC1CCNCC1. The van der Waals surface area contributed by atoms with Gasteiger partial charge in [0, 0.05) is 18.0 Å². The Labute approximate surface area is 121 Å². The molecule has 0 unspecified atom stereocenters. The van der Waals surface area contributed by atoms with E-state index in [0.29, 0.717) is 0 Å². The molecule has 1 aromatic heterocycles. The summed E-state index contributed by atoms with van der Waals surface area (Å²) < 4.78 is 0. The van der Waals surface area contributed by atoms with Crippen LogP contribution in [0.2, 0.25) is 0 Å². The molecule has 0 bridgehead atoms. The summed E-state index contributed by atoms with van der Waals surface area (Å²) in [5.41, 5.74) is 1.23. The van der Waals surface area contributed by atoms with Crippen LogP contribution in [0.5, 0.6) is 0 Å². The second kappa shape index (κ2) is 7.36. The van der Waals surface area contributed by atoms with Crippen molar-refractivity contribution in [2.24, 2.45) is 5.92 Å². The van der Waals surface area contributed by atoms with Gasteiger partial charge in [0.1, 0.15) is 0 Å². The molecule has 0 aliphatic carbocycles. The maximum Gasteiger partial charge on any atom is 0.0900 e. The van der Waals surface area contributed by atoms with Crippen LogP contribution in [0.25, 0.3) is 0 Å². The first-order chi connectivity index (χ1) is 9.19. The Kier molecular flexibility index (Phi) is 5.79. The first kappa shape index (κ1) is 14.9. The van der Waals surface area contributed by atoms with Crippen LogP contribution >= 0.6 is 11.3 Å². The number of nitrogens with one attached hydrogen (secondary N) is 1. The molecule has 4 heteroatoms. The summed E-state index contributed by atoms with van der Waals surface area (Å²) in [6.45, 7) is 12.5. The second-order valence-corrected chi connectivity index (χ2v) is 6.96. The molecule has 1 aliphatic heterocycles. The fraction of sp³-hybridized carbons (Fsp3) is 0.800. The van der Waals surface area contributed by atoms with Crippen molar-refractivity contribution in [2.45, 2.75) is 46.6 Å². The number of aryl methyl sites for hydroxylation is 2. The van der Waals surface area contributed by atoms with Crippen LogP contribution in [0.3, 0.4) is 0 Å². The average Bonchev–Trinajstić information content (AvgIpc) is 2.69. The van der Waals surface area contributed by atoms with Gasteiger partial charge in [0.25, 0.3) is 0 Å². The molecule has 3 nitrogen and oxygen atoms in total. The summed E-state index contributed by atoms with van der Waals surface area (Å²) in [6, 6.07) is 0. The fourth-order valence-corrected chi connectivity index (χ4v) is 3.88. The molecule has 1 saturated heterocycles. The Bertz CT molecular complexity index is 383. The topological polar surface area (TPSA) is 28.2 Å². The van der Waals surface area contributed by atoms with E-state index in [0.717, 1.165) is 12.5 Å². The number of piperidine rings is 1. The average molecular weight is 281 g/mol. The van der Waals surface area contributed by atoms with Gasteiger partial charge in [-0.25, -0.2) is 4.98 Å². The predicted octanol–water partition coefficient (Wildman–Crippen LogP) is 2.97. The number of aromatic nitrogens is 1. The highest BCUT2D eigenvalue weighted by molar-refractivity contribution is 7.11. The zero-order chi connectivity index (χ0) is 13.7. The minimum absolute atomic E-state index is 0.877. The molecule has 1 aliphatic rings. The van der Waals surface area contributed by atoms with Gasteiger partial charge in [0.15, 0.2) is 0 Å². The molecule has 0 atom stereocenters. The van der Waals surface area contributed by atoms with E-state index in [2.05, 4.69) is 36.0 Å². The lowest BCUT2D eigenvalue weighted by Crippen LogP contribution is -2.36. The van der Waals surface area contributed by atoms with Gasteiger partial charge in [-0.2, -0.15) is 0 Å². The normalized spacial score (nSPS) is 17.3. The second-order valence-electron chi connectivity index (χ2n) is 5.67. The molecular formula is C15H27N3S. The lowest BCUT2D eigenvalue weighted by molar-refractivity contribution is 0.200. The van der Waals surface area contributed by atoms with Crippen molar-refractivity contribution < 1.29 is 0 Å². The van der Waals surface area contributed by atoms with Crippen molar-refractivity contribution >= 4 is 11.3 Å². The van der Waals surface area contributed by atoms with Crippen LogP contribution < -0.4 is 5.32 Å². The van der Waals surface area contributed by atoms with E-state index in [1.54, 1.807) is 0 Å². The van der Waals surface area contributed by atoms with E-state index in [9.17, 15) is 0 Å². The minimum atomic E-state index is 0.877. The van der Waals surface area contributed by atoms with Gasteiger partial charge in [0.2, 0.25) is 0 Å². The minimum Gasteiger partial charge on any atom is -0.317 e. The monoisotopic (exact) mass is 281 g/mol. The van der Waals surface area contributed by atoms with E-state index < -0.39 is 0 Å². The molecular weight excluding hydrogens is 254 g/mol. The van der Waals surface area contributed by atoms with Gasteiger partial charge in [-0.05, 0) is 58.7 Å². The van der Waals surface area contributed by atoms with E-state index >= 15 is 0 Å². The molecule has 2 heterocycles. The molecule has 1 aromatic rings. The van der Waals surface area contributed by atoms with E-state index in [-0.39, 0.29) is 0 Å². The van der Waals surface area contributed by atoms with Crippen LogP contribution in [0.1, 0.15) is 41.8 Å². The quantitative estimate of drug-likeness (QED) is 0.869.